The SMILES string of the molecule is CCNC(=NCC(C)CN1CCN(C)CC1)NC1CCC(SC)C1.I. The first kappa shape index (κ1) is 23.3. The molecule has 2 fully saturated rings. The molecule has 1 aliphatic heterocycles. The molecular formula is C18H38IN5S. The van der Waals surface area contributed by atoms with Crippen LogP contribution >= 0.6 is 35.7 Å². The third-order valence-electron chi connectivity index (χ3n) is 5.13. The Morgan fingerprint density at radius 1 is 1.24 bits per heavy atom. The normalized spacial score (nSPS) is 27.0. The molecule has 1 heterocycles. The van der Waals surface area contributed by atoms with Crippen molar-refractivity contribution in [3.8, 4) is 0 Å². The molecule has 0 bridgehead atoms. The molecule has 0 radical (unpaired) electrons. The Bertz CT molecular complexity index is 388. The lowest BCUT2D eigenvalue weighted by Crippen LogP contribution is -2.46. The van der Waals surface area contributed by atoms with Gasteiger partial charge in [0.05, 0.1) is 0 Å². The zero-order chi connectivity index (χ0) is 17.4. The fourth-order valence-electron chi connectivity index (χ4n) is 3.57. The van der Waals surface area contributed by atoms with Gasteiger partial charge in [0.25, 0.3) is 0 Å². The van der Waals surface area contributed by atoms with E-state index >= 15 is 0 Å². The first-order valence-corrected chi connectivity index (χ1v) is 10.9. The molecule has 2 rings (SSSR count). The topological polar surface area (TPSA) is 42.9 Å². The second-order valence-corrected chi connectivity index (χ2v) is 8.58. The van der Waals surface area contributed by atoms with Gasteiger partial charge in [-0.05, 0) is 45.4 Å². The summed E-state index contributed by atoms with van der Waals surface area (Å²) in [7, 11) is 2.21. The standard InChI is InChI=1S/C18H37N5S.HI/c1-5-19-18(21-16-6-7-17(12-16)24-4)20-13-15(2)14-23-10-8-22(3)9-11-23;/h15-17H,5-14H2,1-4H3,(H2,19,20,21);1H. The van der Waals surface area contributed by atoms with Crippen LogP contribution in [-0.2, 0) is 0 Å². The number of guanidine groups is 1. The summed E-state index contributed by atoms with van der Waals surface area (Å²) in [4.78, 5) is 9.86. The molecular weight excluding hydrogens is 445 g/mol. The minimum absolute atomic E-state index is 0. The first-order chi connectivity index (χ1) is 11.6. The number of nitrogens with one attached hydrogen (secondary N) is 2. The largest absolute Gasteiger partial charge is 0.357 e. The van der Waals surface area contributed by atoms with Crippen LogP contribution in [0.15, 0.2) is 4.99 Å². The van der Waals surface area contributed by atoms with Gasteiger partial charge in [-0.15, -0.1) is 24.0 Å². The first-order valence-electron chi connectivity index (χ1n) is 9.59. The van der Waals surface area contributed by atoms with Crippen LogP contribution in [0.4, 0.5) is 0 Å². The average molecular weight is 484 g/mol. The lowest BCUT2D eigenvalue weighted by atomic mass is 10.1. The van der Waals surface area contributed by atoms with E-state index in [1.807, 2.05) is 11.8 Å². The molecule has 2 aliphatic rings. The van der Waals surface area contributed by atoms with E-state index in [0.717, 1.165) is 30.8 Å². The molecule has 3 unspecified atom stereocenters. The quantitative estimate of drug-likeness (QED) is 0.331. The van der Waals surface area contributed by atoms with E-state index < -0.39 is 0 Å². The average Bonchev–Trinajstić information content (AvgIpc) is 3.03. The molecule has 0 spiro atoms. The van der Waals surface area contributed by atoms with E-state index in [1.54, 1.807) is 0 Å². The van der Waals surface area contributed by atoms with E-state index in [1.165, 1.54) is 45.4 Å². The highest BCUT2D eigenvalue weighted by Crippen LogP contribution is 2.28. The number of halogens is 1. The summed E-state index contributed by atoms with van der Waals surface area (Å²) in [5, 5.41) is 7.89. The molecule has 1 aliphatic carbocycles. The van der Waals surface area contributed by atoms with Crippen molar-refractivity contribution in [2.75, 3.05) is 59.1 Å². The highest BCUT2D eigenvalue weighted by Gasteiger charge is 2.24. The zero-order valence-corrected chi connectivity index (χ0v) is 19.6. The number of thioether (sulfide) groups is 1. The second-order valence-electron chi connectivity index (χ2n) is 7.44. The summed E-state index contributed by atoms with van der Waals surface area (Å²) < 4.78 is 0. The fraction of sp³-hybridized carbons (Fsp3) is 0.944. The lowest BCUT2D eigenvalue weighted by Gasteiger charge is -2.33. The maximum absolute atomic E-state index is 4.86. The summed E-state index contributed by atoms with van der Waals surface area (Å²) in [6.45, 7) is 12.2. The van der Waals surface area contributed by atoms with Crippen molar-refractivity contribution in [3.63, 3.8) is 0 Å². The van der Waals surface area contributed by atoms with Crippen molar-refractivity contribution in [1.82, 2.24) is 20.4 Å². The summed E-state index contributed by atoms with van der Waals surface area (Å²) in [6, 6.07) is 0.591. The number of hydrogen-bond donors (Lipinski definition) is 2. The highest BCUT2D eigenvalue weighted by molar-refractivity contribution is 14.0. The van der Waals surface area contributed by atoms with Gasteiger partial charge in [0.2, 0.25) is 0 Å². The number of nitrogens with zero attached hydrogens (tertiary/aromatic N) is 3. The zero-order valence-electron chi connectivity index (χ0n) is 16.5. The predicted molar refractivity (Wildman–Crippen MR) is 123 cm³/mol. The molecule has 7 heteroatoms. The highest BCUT2D eigenvalue weighted by atomic mass is 127. The Hall–Kier alpha value is 0.270. The van der Waals surface area contributed by atoms with Gasteiger partial charge < -0.3 is 20.4 Å². The minimum atomic E-state index is 0. The molecule has 1 saturated carbocycles. The van der Waals surface area contributed by atoms with Gasteiger partial charge in [0.15, 0.2) is 5.96 Å². The van der Waals surface area contributed by atoms with Crippen LogP contribution in [0.3, 0.4) is 0 Å². The van der Waals surface area contributed by atoms with Gasteiger partial charge in [-0.25, -0.2) is 0 Å². The van der Waals surface area contributed by atoms with Crippen LogP contribution in [0.2, 0.25) is 0 Å². The molecule has 0 aromatic rings. The van der Waals surface area contributed by atoms with Gasteiger partial charge in [0.1, 0.15) is 0 Å². The van der Waals surface area contributed by atoms with E-state index in [4.69, 9.17) is 4.99 Å². The number of piperazine rings is 1. The molecule has 0 amide bonds. The van der Waals surface area contributed by atoms with Gasteiger partial charge in [0, 0.05) is 57.1 Å². The van der Waals surface area contributed by atoms with E-state index in [0.29, 0.717) is 12.0 Å². The maximum atomic E-state index is 4.86. The van der Waals surface area contributed by atoms with Gasteiger partial charge >= 0.3 is 0 Å². The number of likely N-dealkylation sites (N-methyl/N-ethyl adjacent to an activating group) is 1. The Labute approximate surface area is 176 Å². The number of hydrogen-bond acceptors (Lipinski definition) is 4. The van der Waals surface area contributed by atoms with Crippen molar-refractivity contribution in [2.24, 2.45) is 10.9 Å². The van der Waals surface area contributed by atoms with Crippen LogP contribution in [0.5, 0.6) is 0 Å². The van der Waals surface area contributed by atoms with Gasteiger partial charge in [-0.2, -0.15) is 11.8 Å². The fourth-order valence-corrected chi connectivity index (χ4v) is 4.37. The smallest absolute Gasteiger partial charge is 0.191 e. The Balaban J connectivity index is 0.00000312. The van der Waals surface area contributed by atoms with Gasteiger partial charge in [-0.1, -0.05) is 6.92 Å². The van der Waals surface area contributed by atoms with Crippen molar-refractivity contribution >= 4 is 41.7 Å². The molecule has 2 N–H and O–H groups in total. The third-order valence-corrected chi connectivity index (χ3v) is 6.22. The predicted octanol–water partition coefficient (Wildman–Crippen LogP) is 2.33. The van der Waals surface area contributed by atoms with E-state index in [2.05, 4.69) is 47.6 Å². The lowest BCUT2D eigenvalue weighted by molar-refractivity contribution is 0.140. The van der Waals surface area contributed by atoms with Crippen LogP contribution < -0.4 is 10.6 Å². The monoisotopic (exact) mass is 483 g/mol. The number of rotatable bonds is 7. The molecule has 0 aromatic heterocycles. The summed E-state index contributed by atoms with van der Waals surface area (Å²) >= 11 is 2.01. The van der Waals surface area contributed by atoms with Crippen molar-refractivity contribution in [3.05, 3.63) is 0 Å². The van der Waals surface area contributed by atoms with Crippen molar-refractivity contribution in [2.45, 2.75) is 44.4 Å². The van der Waals surface area contributed by atoms with Crippen LogP contribution in [0, 0.1) is 5.92 Å². The third kappa shape index (κ3) is 8.67. The van der Waals surface area contributed by atoms with Gasteiger partial charge in [-0.3, -0.25) is 4.99 Å². The Kier molecular flexibility index (Phi) is 11.8. The molecule has 5 nitrogen and oxygen atoms in total. The van der Waals surface area contributed by atoms with E-state index in [9.17, 15) is 0 Å². The van der Waals surface area contributed by atoms with Crippen molar-refractivity contribution in [1.29, 1.82) is 0 Å². The molecule has 1 saturated heterocycles. The molecule has 148 valence electrons. The number of aliphatic imine (C=N–C) groups is 1. The second kappa shape index (κ2) is 12.6. The summed E-state index contributed by atoms with van der Waals surface area (Å²) in [6.07, 6.45) is 6.10. The Morgan fingerprint density at radius 2 is 1.96 bits per heavy atom. The molecule has 25 heavy (non-hydrogen) atoms. The van der Waals surface area contributed by atoms with Crippen LogP contribution in [0.1, 0.15) is 33.1 Å². The molecule has 0 aromatic carbocycles. The van der Waals surface area contributed by atoms with Crippen LogP contribution in [0.25, 0.3) is 0 Å². The summed E-state index contributed by atoms with van der Waals surface area (Å²) in [5.41, 5.74) is 0. The Morgan fingerprint density at radius 3 is 2.56 bits per heavy atom. The maximum Gasteiger partial charge on any atom is 0.191 e. The van der Waals surface area contributed by atoms with Crippen LogP contribution in [-0.4, -0.2) is 86.2 Å². The molecule has 3 atom stereocenters. The summed E-state index contributed by atoms with van der Waals surface area (Å²) in [5.74, 6) is 1.61. The van der Waals surface area contributed by atoms with E-state index in [-0.39, 0.29) is 24.0 Å². The minimum Gasteiger partial charge on any atom is -0.357 e. The van der Waals surface area contributed by atoms with Crippen molar-refractivity contribution < 1.29 is 0 Å².